The van der Waals surface area contributed by atoms with Crippen LogP contribution in [0.5, 0.6) is 0 Å². The molecule has 20 heavy (non-hydrogen) atoms. The molecule has 6 heteroatoms. The van der Waals surface area contributed by atoms with Gasteiger partial charge in [0, 0.05) is 5.56 Å². The van der Waals surface area contributed by atoms with E-state index in [0.717, 1.165) is 6.20 Å². The number of rotatable bonds is 3. The van der Waals surface area contributed by atoms with Crippen molar-refractivity contribution in [2.24, 2.45) is 0 Å². The van der Waals surface area contributed by atoms with Crippen LogP contribution >= 0.6 is 0 Å². The molecule has 2 rings (SSSR count). The third-order valence-corrected chi connectivity index (χ3v) is 3.82. The zero-order chi connectivity index (χ0) is 15.0. The van der Waals surface area contributed by atoms with Crippen LogP contribution in [0.25, 0.3) is 6.08 Å². The van der Waals surface area contributed by atoms with Crippen LogP contribution in [0.15, 0.2) is 18.2 Å². The third kappa shape index (κ3) is 2.92. The fourth-order valence-electron chi connectivity index (χ4n) is 1.91. The van der Waals surface area contributed by atoms with Gasteiger partial charge in [-0.15, -0.1) is 0 Å². The maximum atomic E-state index is 13.2. The maximum absolute atomic E-state index is 13.2. The number of aliphatic hydroxyl groups excluding tert-OH is 1. The van der Waals surface area contributed by atoms with E-state index in [9.17, 15) is 9.50 Å². The largest absolute Gasteiger partial charge is 0.487 e. The highest BCUT2D eigenvalue weighted by Gasteiger charge is 2.49. The molecule has 0 unspecified atom stereocenters. The molecule has 0 bridgehead atoms. The van der Waals surface area contributed by atoms with Crippen molar-refractivity contribution in [3.63, 3.8) is 0 Å². The summed E-state index contributed by atoms with van der Waals surface area (Å²) in [6, 6.07) is 1.32. The lowest BCUT2D eigenvalue weighted by molar-refractivity contribution is 0.00578. The number of aliphatic hydroxyl groups is 1. The molecule has 1 aromatic rings. The van der Waals surface area contributed by atoms with Crippen molar-refractivity contribution in [2.45, 2.75) is 45.5 Å². The van der Waals surface area contributed by atoms with Gasteiger partial charge in [-0.2, -0.15) is 0 Å². The predicted octanol–water partition coefficient (Wildman–Crippen LogP) is 2.36. The SMILES string of the molecule is CC1(C)OB(/C=C/c2cc(F)cnc2CO)OC1(C)C. The Morgan fingerprint density at radius 2 is 1.90 bits per heavy atom. The Hall–Kier alpha value is -1.24. The molecule has 1 N–H and O–H groups in total. The zero-order valence-electron chi connectivity index (χ0n) is 12.2. The van der Waals surface area contributed by atoms with Gasteiger partial charge in [-0.1, -0.05) is 12.1 Å². The van der Waals surface area contributed by atoms with Crippen LogP contribution in [0, 0.1) is 5.82 Å². The van der Waals surface area contributed by atoms with Crippen molar-refractivity contribution in [1.82, 2.24) is 4.98 Å². The summed E-state index contributed by atoms with van der Waals surface area (Å²) in [5.74, 6) is 1.25. The summed E-state index contributed by atoms with van der Waals surface area (Å²) in [6.07, 6.45) is 2.74. The normalized spacial score (nSPS) is 20.8. The van der Waals surface area contributed by atoms with Gasteiger partial charge >= 0.3 is 7.12 Å². The summed E-state index contributed by atoms with van der Waals surface area (Å²) in [5, 5.41) is 9.19. The van der Waals surface area contributed by atoms with E-state index in [1.165, 1.54) is 6.07 Å². The fourth-order valence-corrected chi connectivity index (χ4v) is 1.91. The van der Waals surface area contributed by atoms with Crippen molar-refractivity contribution < 1.29 is 18.8 Å². The monoisotopic (exact) mass is 279 g/mol. The minimum Gasteiger partial charge on any atom is -0.400 e. The first-order valence-electron chi connectivity index (χ1n) is 6.54. The average molecular weight is 279 g/mol. The molecule has 0 spiro atoms. The molecule has 0 saturated carbocycles. The molecule has 1 aliphatic rings. The van der Waals surface area contributed by atoms with E-state index >= 15 is 0 Å². The first kappa shape index (κ1) is 15.2. The van der Waals surface area contributed by atoms with E-state index in [2.05, 4.69) is 4.98 Å². The molecule has 0 aliphatic carbocycles. The minimum atomic E-state index is -0.505. The van der Waals surface area contributed by atoms with E-state index in [4.69, 9.17) is 9.31 Å². The van der Waals surface area contributed by atoms with Gasteiger partial charge in [-0.05, 0) is 33.8 Å². The van der Waals surface area contributed by atoms with Gasteiger partial charge in [0.2, 0.25) is 0 Å². The lowest BCUT2D eigenvalue weighted by atomic mass is 9.89. The molecular formula is C14H19BFNO3. The van der Waals surface area contributed by atoms with Crippen molar-refractivity contribution in [3.8, 4) is 0 Å². The Kier molecular flexibility index (Phi) is 4.00. The van der Waals surface area contributed by atoms with Crippen LogP contribution in [0.3, 0.4) is 0 Å². The van der Waals surface area contributed by atoms with Crippen molar-refractivity contribution in [2.75, 3.05) is 0 Å². The molecule has 1 fully saturated rings. The van der Waals surface area contributed by atoms with Gasteiger partial charge in [0.1, 0.15) is 5.82 Å². The summed E-state index contributed by atoms with van der Waals surface area (Å²) >= 11 is 0. The van der Waals surface area contributed by atoms with E-state index < -0.39 is 24.1 Å². The highest BCUT2D eigenvalue weighted by atomic mass is 19.1. The second-order valence-electron chi connectivity index (χ2n) is 5.83. The highest BCUT2D eigenvalue weighted by Crippen LogP contribution is 2.37. The maximum Gasteiger partial charge on any atom is 0.487 e. The molecule has 108 valence electrons. The van der Waals surface area contributed by atoms with Crippen molar-refractivity contribution in [3.05, 3.63) is 35.3 Å². The predicted molar refractivity (Wildman–Crippen MR) is 75.2 cm³/mol. The molecule has 0 radical (unpaired) electrons. The van der Waals surface area contributed by atoms with Gasteiger partial charge in [0.25, 0.3) is 0 Å². The Morgan fingerprint density at radius 3 is 2.45 bits per heavy atom. The van der Waals surface area contributed by atoms with Gasteiger partial charge < -0.3 is 14.4 Å². The number of aromatic nitrogens is 1. The molecule has 0 atom stereocenters. The number of pyridine rings is 1. The Bertz CT molecular complexity index is 515. The van der Waals surface area contributed by atoms with E-state index in [-0.39, 0.29) is 6.61 Å². The van der Waals surface area contributed by atoms with Crippen LogP contribution in [0.2, 0.25) is 0 Å². The molecule has 0 amide bonds. The van der Waals surface area contributed by atoms with Crippen LogP contribution < -0.4 is 0 Å². The first-order valence-corrected chi connectivity index (χ1v) is 6.54. The quantitative estimate of drug-likeness (QED) is 0.863. The Balaban J connectivity index is 2.17. The van der Waals surface area contributed by atoms with E-state index in [1.54, 1.807) is 12.1 Å². The van der Waals surface area contributed by atoms with Gasteiger partial charge in [-0.25, -0.2) is 4.39 Å². The molecule has 0 aromatic carbocycles. The van der Waals surface area contributed by atoms with Gasteiger partial charge in [-0.3, -0.25) is 4.98 Å². The number of nitrogens with zero attached hydrogens (tertiary/aromatic N) is 1. The molecule has 1 saturated heterocycles. The lowest BCUT2D eigenvalue weighted by Gasteiger charge is -2.32. The molecule has 2 heterocycles. The van der Waals surface area contributed by atoms with Crippen LogP contribution in [0.4, 0.5) is 4.39 Å². The summed E-state index contributed by atoms with van der Waals surface area (Å²) in [7, 11) is -0.505. The first-order chi connectivity index (χ1) is 9.25. The molecule has 1 aliphatic heterocycles. The van der Waals surface area contributed by atoms with E-state index in [0.29, 0.717) is 11.3 Å². The van der Waals surface area contributed by atoms with Gasteiger partial charge in [0.15, 0.2) is 0 Å². The van der Waals surface area contributed by atoms with Crippen LogP contribution in [-0.2, 0) is 15.9 Å². The second kappa shape index (κ2) is 5.28. The Labute approximate surface area is 118 Å². The molecule has 1 aromatic heterocycles. The summed E-state index contributed by atoms with van der Waals surface area (Å²) < 4.78 is 24.8. The summed E-state index contributed by atoms with van der Waals surface area (Å²) in [6.45, 7) is 7.60. The lowest BCUT2D eigenvalue weighted by Crippen LogP contribution is -2.41. The van der Waals surface area contributed by atoms with Crippen LogP contribution in [-0.4, -0.2) is 28.4 Å². The molecule has 4 nitrogen and oxygen atoms in total. The summed E-state index contributed by atoms with van der Waals surface area (Å²) in [5.41, 5.74) is 0.102. The smallest absolute Gasteiger partial charge is 0.400 e. The second-order valence-corrected chi connectivity index (χ2v) is 5.83. The number of halogens is 1. The third-order valence-electron chi connectivity index (χ3n) is 3.82. The molecular weight excluding hydrogens is 260 g/mol. The standard InChI is InChI=1S/C14H19BFNO3/c1-13(2)14(3,4)20-15(19-13)6-5-10-7-11(16)8-17-12(10)9-18/h5-8,18H,9H2,1-4H3/b6-5+. The van der Waals surface area contributed by atoms with Gasteiger partial charge in [0.05, 0.1) is 29.7 Å². The number of hydrogen-bond acceptors (Lipinski definition) is 4. The Morgan fingerprint density at radius 1 is 1.30 bits per heavy atom. The topological polar surface area (TPSA) is 51.6 Å². The summed E-state index contributed by atoms with van der Waals surface area (Å²) in [4.78, 5) is 3.84. The van der Waals surface area contributed by atoms with E-state index in [1.807, 2.05) is 27.7 Å². The minimum absolute atomic E-state index is 0.247. The number of hydrogen-bond donors (Lipinski definition) is 1. The zero-order valence-corrected chi connectivity index (χ0v) is 12.2. The van der Waals surface area contributed by atoms with Crippen molar-refractivity contribution >= 4 is 13.2 Å². The average Bonchev–Trinajstić information content (AvgIpc) is 2.55. The van der Waals surface area contributed by atoms with Crippen LogP contribution in [0.1, 0.15) is 39.0 Å². The highest BCUT2D eigenvalue weighted by molar-refractivity contribution is 6.52. The fraction of sp³-hybridized carbons (Fsp3) is 0.500. The van der Waals surface area contributed by atoms with Crippen molar-refractivity contribution in [1.29, 1.82) is 0 Å².